The highest BCUT2D eigenvalue weighted by atomic mass is 32.1. The van der Waals surface area contributed by atoms with Gasteiger partial charge in [-0.15, -0.1) is 11.3 Å². The fourth-order valence-electron chi connectivity index (χ4n) is 3.11. The Bertz CT molecular complexity index is 745. The molecule has 7 heteroatoms. The number of morpholine rings is 1. The smallest absolute Gasteiger partial charge is 0.236 e. The number of nitrogens with zero attached hydrogens (tertiary/aromatic N) is 2. The van der Waals surface area contributed by atoms with Crippen LogP contribution in [0.15, 0.2) is 35.7 Å². The number of hydrogen-bond acceptors (Lipinski definition) is 6. The van der Waals surface area contributed by atoms with E-state index in [9.17, 15) is 4.79 Å². The molecule has 0 N–H and O–H groups in total. The molecule has 1 aromatic carbocycles. The third-order valence-electron chi connectivity index (χ3n) is 4.75. The maximum atomic E-state index is 12.5. The molecule has 1 aliphatic heterocycles. The number of amides is 1. The van der Waals surface area contributed by atoms with Gasteiger partial charge in [0.2, 0.25) is 5.91 Å². The minimum absolute atomic E-state index is 0.160. The molecule has 2 heterocycles. The number of carbonyl (C=O) groups excluding carboxylic acids is 1. The molecule has 28 heavy (non-hydrogen) atoms. The van der Waals surface area contributed by atoms with Gasteiger partial charge in [-0.05, 0) is 35.7 Å². The zero-order valence-corrected chi connectivity index (χ0v) is 17.4. The Morgan fingerprint density at radius 3 is 2.75 bits per heavy atom. The summed E-state index contributed by atoms with van der Waals surface area (Å²) in [5.74, 6) is 1.60. The minimum Gasteiger partial charge on any atom is -0.493 e. The fourth-order valence-corrected chi connectivity index (χ4v) is 3.73. The van der Waals surface area contributed by atoms with Gasteiger partial charge < -0.3 is 19.1 Å². The van der Waals surface area contributed by atoms with Gasteiger partial charge in [0.25, 0.3) is 0 Å². The maximum absolute atomic E-state index is 12.5. The molecule has 0 aliphatic carbocycles. The van der Waals surface area contributed by atoms with Crippen molar-refractivity contribution in [3.63, 3.8) is 0 Å². The molecular weight excluding hydrogens is 376 g/mol. The van der Waals surface area contributed by atoms with Crippen LogP contribution in [0.25, 0.3) is 0 Å². The summed E-state index contributed by atoms with van der Waals surface area (Å²) in [5.41, 5.74) is 1.09. The van der Waals surface area contributed by atoms with Crippen LogP contribution in [-0.4, -0.2) is 62.2 Å². The highest BCUT2D eigenvalue weighted by Gasteiger charge is 2.19. The fraction of sp³-hybridized carbons (Fsp3) is 0.476. The van der Waals surface area contributed by atoms with Crippen molar-refractivity contribution in [3.8, 4) is 11.5 Å². The van der Waals surface area contributed by atoms with E-state index in [1.165, 1.54) is 4.88 Å². The number of thiophene rings is 1. The summed E-state index contributed by atoms with van der Waals surface area (Å²) in [6.07, 6.45) is 0. The van der Waals surface area contributed by atoms with Gasteiger partial charge in [-0.25, -0.2) is 0 Å². The Kier molecular flexibility index (Phi) is 7.71. The second-order valence-electron chi connectivity index (χ2n) is 6.65. The predicted octanol–water partition coefficient (Wildman–Crippen LogP) is 3.02. The van der Waals surface area contributed by atoms with Gasteiger partial charge in [-0.3, -0.25) is 9.69 Å². The monoisotopic (exact) mass is 404 g/mol. The lowest BCUT2D eigenvalue weighted by atomic mass is 10.2. The maximum Gasteiger partial charge on any atom is 0.236 e. The van der Waals surface area contributed by atoms with Crippen molar-refractivity contribution in [1.82, 2.24) is 9.80 Å². The van der Waals surface area contributed by atoms with E-state index < -0.39 is 0 Å². The second kappa shape index (κ2) is 10.5. The van der Waals surface area contributed by atoms with Crippen molar-refractivity contribution in [3.05, 3.63) is 46.2 Å². The van der Waals surface area contributed by atoms with Crippen molar-refractivity contribution in [2.24, 2.45) is 0 Å². The second-order valence-corrected chi connectivity index (χ2v) is 7.68. The molecule has 152 valence electrons. The number of benzene rings is 1. The summed E-state index contributed by atoms with van der Waals surface area (Å²) in [6, 6.07) is 10.0. The summed E-state index contributed by atoms with van der Waals surface area (Å²) < 4.78 is 16.7. The van der Waals surface area contributed by atoms with E-state index in [1.807, 2.05) is 34.5 Å². The Morgan fingerprint density at radius 1 is 1.25 bits per heavy atom. The lowest BCUT2D eigenvalue weighted by Gasteiger charge is -2.29. The molecule has 1 amide bonds. The number of likely N-dealkylation sites (N-methyl/N-ethyl adjacent to an activating group) is 1. The van der Waals surface area contributed by atoms with Gasteiger partial charge in [0.05, 0.1) is 26.9 Å². The standard InChI is InChI=1S/C21H28N2O4S/c1-3-22(15-21(24)23-8-10-26-11-9-23)14-17-6-7-19(20(13-17)25-2)27-16-18-5-4-12-28-18/h4-7,12-13H,3,8-11,14-16H2,1-2H3. The van der Waals surface area contributed by atoms with Crippen LogP contribution in [0.1, 0.15) is 17.4 Å². The van der Waals surface area contributed by atoms with Gasteiger partial charge in [0, 0.05) is 24.5 Å². The van der Waals surface area contributed by atoms with Crippen LogP contribution in [0.2, 0.25) is 0 Å². The molecule has 2 aromatic rings. The molecular formula is C21H28N2O4S. The van der Waals surface area contributed by atoms with E-state index in [2.05, 4.69) is 17.9 Å². The van der Waals surface area contributed by atoms with Gasteiger partial charge in [-0.2, -0.15) is 0 Å². The van der Waals surface area contributed by atoms with Crippen LogP contribution in [0.4, 0.5) is 0 Å². The van der Waals surface area contributed by atoms with Crippen molar-refractivity contribution in [1.29, 1.82) is 0 Å². The molecule has 1 fully saturated rings. The Balaban J connectivity index is 1.59. The molecule has 1 aromatic heterocycles. The summed E-state index contributed by atoms with van der Waals surface area (Å²) in [7, 11) is 1.65. The van der Waals surface area contributed by atoms with Crippen LogP contribution in [0.5, 0.6) is 11.5 Å². The first-order valence-corrected chi connectivity index (χ1v) is 10.5. The highest BCUT2D eigenvalue weighted by Crippen LogP contribution is 2.29. The third kappa shape index (κ3) is 5.70. The molecule has 0 bridgehead atoms. The molecule has 0 radical (unpaired) electrons. The van der Waals surface area contributed by atoms with Crippen molar-refractivity contribution < 1.29 is 19.0 Å². The lowest BCUT2D eigenvalue weighted by Crippen LogP contribution is -2.45. The number of rotatable bonds is 9. The first-order valence-electron chi connectivity index (χ1n) is 9.59. The Labute approximate surface area is 170 Å². The molecule has 1 saturated heterocycles. The van der Waals surface area contributed by atoms with E-state index >= 15 is 0 Å². The zero-order chi connectivity index (χ0) is 19.8. The average Bonchev–Trinajstić information content (AvgIpc) is 3.26. The lowest BCUT2D eigenvalue weighted by molar-refractivity contribution is -0.136. The van der Waals surface area contributed by atoms with Crippen molar-refractivity contribution in [2.75, 3.05) is 46.5 Å². The SMILES string of the molecule is CCN(CC(=O)N1CCOCC1)Cc1ccc(OCc2cccs2)c(OC)c1. The molecule has 0 saturated carbocycles. The quantitative estimate of drug-likeness (QED) is 0.643. The number of carbonyl (C=O) groups is 1. The topological polar surface area (TPSA) is 51.2 Å². The Morgan fingerprint density at radius 2 is 2.07 bits per heavy atom. The summed E-state index contributed by atoms with van der Waals surface area (Å²) in [6.45, 7) is 7.12. The van der Waals surface area contributed by atoms with E-state index in [0.717, 1.165) is 17.9 Å². The van der Waals surface area contributed by atoms with Crippen molar-refractivity contribution >= 4 is 17.2 Å². The third-order valence-corrected chi connectivity index (χ3v) is 5.60. The predicted molar refractivity (Wildman–Crippen MR) is 110 cm³/mol. The van der Waals surface area contributed by atoms with Crippen LogP contribution >= 0.6 is 11.3 Å². The normalized spacial score (nSPS) is 14.3. The zero-order valence-electron chi connectivity index (χ0n) is 16.6. The van der Waals surface area contributed by atoms with Crippen molar-refractivity contribution in [2.45, 2.75) is 20.1 Å². The van der Waals surface area contributed by atoms with Crippen LogP contribution in [0, 0.1) is 0 Å². The molecule has 3 rings (SSSR count). The van der Waals surface area contributed by atoms with Gasteiger partial charge in [0.15, 0.2) is 11.5 Å². The molecule has 0 atom stereocenters. The molecule has 1 aliphatic rings. The van der Waals surface area contributed by atoms with E-state index in [0.29, 0.717) is 51.7 Å². The molecule has 0 unspecified atom stereocenters. The number of methoxy groups -OCH3 is 1. The van der Waals surface area contributed by atoms with Gasteiger partial charge in [0.1, 0.15) is 6.61 Å². The van der Waals surface area contributed by atoms with Crippen LogP contribution < -0.4 is 9.47 Å². The summed E-state index contributed by atoms with van der Waals surface area (Å²) in [4.78, 5) is 17.7. The van der Waals surface area contributed by atoms with E-state index in [1.54, 1.807) is 18.4 Å². The summed E-state index contributed by atoms with van der Waals surface area (Å²) >= 11 is 1.67. The highest BCUT2D eigenvalue weighted by molar-refractivity contribution is 7.09. The van der Waals surface area contributed by atoms with Gasteiger partial charge >= 0.3 is 0 Å². The van der Waals surface area contributed by atoms with E-state index in [-0.39, 0.29) is 5.91 Å². The van der Waals surface area contributed by atoms with Crippen LogP contribution in [-0.2, 0) is 22.7 Å². The minimum atomic E-state index is 0.160. The number of hydrogen-bond donors (Lipinski definition) is 0. The average molecular weight is 405 g/mol. The Hall–Kier alpha value is -2.09. The first-order chi connectivity index (χ1) is 13.7. The molecule has 6 nitrogen and oxygen atoms in total. The van der Waals surface area contributed by atoms with Crippen LogP contribution in [0.3, 0.4) is 0 Å². The largest absolute Gasteiger partial charge is 0.493 e. The first kappa shape index (κ1) is 20.6. The molecule has 0 spiro atoms. The summed E-state index contributed by atoms with van der Waals surface area (Å²) in [5, 5.41) is 2.04. The number of ether oxygens (including phenoxy) is 3. The van der Waals surface area contributed by atoms with E-state index in [4.69, 9.17) is 14.2 Å². The van der Waals surface area contributed by atoms with Gasteiger partial charge in [-0.1, -0.05) is 19.1 Å².